The van der Waals surface area contributed by atoms with Gasteiger partial charge in [0, 0.05) is 31.7 Å². The Hall–Kier alpha value is -1.22. The molecule has 0 aromatic heterocycles. The summed E-state index contributed by atoms with van der Waals surface area (Å²) in [4.78, 5) is 5.26. The number of anilines is 2. The van der Waals surface area contributed by atoms with Crippen molar-refractivity contribution in [2.75, 3.05) is 36.9 Å². The largest absolute Gasteiger partial charge is 0.383 e. The molecule has 3 nitrogen and oxygen atoms in total. The van der Waals surface area contributed by atoms with Crippen LogP contribution in [0.1, 0.15) is 31.2 Å². The van der Waals surface area contributed by atoms with E-state index in [0.29, 0.717) is 0 Å². The fourth-order valence-corrected chi connectivity index (χ4v) is 4.28. The molecule has 3 aliphatic heterocycles. The van der Waals surface area contributed by atoms with Crippen molar-refractivity contribution in [3.8, 4) is 0 Å². The van der Waals surface area contributed by atoms with Crippen molar-refractivity contribution >= 4 is 11.4 Å². The number of benzene rings is 1. The number of para-hydroxylation sites is 1. The summed E-state index contributed by atoms with van der Waals surface area (Å²) in [6.07, 6.45) is 6.59. The molecule has 2 unspecified atom stereocenters. The topological polar surface area (TPSA) is 18.5 Å². The zero-order valence-electron chi connectivity index (χ0n) is 12.4. The van der Waals surface area contributed by atoms with Gasteiger partial charge in [-0.15, -0.1) is 0 Å². The van der Waals surface area contributed by atoms with E-state index >= 15 is 0 Å². The second kappa shape index (κ2) is 4.96. The van der Waals surface area contributed by atoms with Gasteiger partial charge in [0.2, 0.25) is 0 Å². The number of hydrogen-bond acceptors (Lipinski definition) is 3. The number of nitrogens with zero attached hydrogens (tertiary/aromatic N) is 2. The van der Waals surface area contributed by atoms with Crippen LogP contribution in [0.4, 0.5) is 11.4 Å². The number of fused-ring (bicyclic) bond motifs is 3. The molecule has 2 atom stereocenters. The molecule has 20 heavy (non-hydrogen) atoms. The molecule has 1 aromatic rings. The van der Waals surface area contributed by atoms with Crippen molar-refractivity contribution in [2.24, 2.45) is 0 Å². The molecule has 0 radical (unpaired) electrons. The summed E-state index contributed by atoms with van der Waals surface area (Å²) in [7, 11) is 2.32. The van der Waals surface area contributed by atoms with Gasteiger partial charge in [0.25, 0.3) is 0 Å². The maximum atomic E-state index is 3.65. The van der Waals surface area contributed by atoms with E-state index in [1.165, 1.54) is 62.1 Å². The van der Waals surface area contributed by atoms with Crippen LogP contribution in [0.15, 0.2) is 18.2 Å². The fraction of sp³-hybridized carbons (Fsp3) is 0.647. The number of rotatable bonds is 1. The minimum atomic E-state index is 0.752. The summed E-state index contributed by atoms with van der Waals surface area (Å²) in [5.74, 6) is 0. The third-order valence-corrected chi connectivity index (χ3v) is 5.54. The third-order valence-electron chi connectivity index (χ3n) is 5.54. The van der Waals surface area contributed by atoms with E-state index < -0.39 is 0 Å². The SMILES string of the molecule is CN1C2CCC1CN(c1cccc3c1NCCC3)CC2. The van der Waals surface area contributed by atoms with Crippen LogP contribution in [-0.4, -0.2) is 43.7 Å². The maximum absolute atomic E-state index is 3.65. The molecule has 2 bridgehead atoms. The minimum Gasteiger partial charge on any atom is -0.383 e. The van der Waals surface area contributed by atoms with Crippen molar-refractivity contribution in [3.05, 3.63) is 23.8 Å². The Bertz CT molecular complexity index is 499. The highest BCUT2D eigenvalue weighted by atomic mass is 15.3. The smallest absolute Gasteiger partial charge is 0.0610 e. The van der Waals surface area contributed by atoms with Crippen molar-refractivity contribution in [2.45, 2.75) is 44.2 Å². The highest BCUT2D eigenvalue weighted by molar-refractivity contribution is 5.74. The van der Waals surface area contributed by atoms with Crippen molar-refractivity contribution in [1.82, 2.24) is 4.90 Å². The Morgan fingerprint density at radius 2 is 2.05 bits per heavy atom. The normalized spacial score (nSPS) is 29.8. The standard InChI is InChI=1S/C17H25N3/c1-19-14-7-8-15(19)12-20(11-9-14)16-6-2-4-13-5-3-10-18-17(13)16/h2,4,6,14-15,18H,3,5,7-12H2,1H3. The zero-order chi connectivity index (χ0) is 13.5. The van der Waals surface area contributed by atoms with E-state index in [0.717, 1.165) is 18.6 Å². The molecule has 0 saturated carbocycles. The second-order valence-electron chi connectivity index (χ2n) is 6.63. The molecule has 108 valence electrons. The van der Waals surface area contributed by atoms with E-state index in [1.54, 1.807) is 0 Å². The fourth-order valence-electron chi connectivity index (χ4n) is 4.28. The average Bonchev–Trinajstić information content (AvgIpc) is 2.72. The first-order valence-corrected chi connectivity index (χ1v) is 8.15. The molecular formula is C17H25N3. The first-order valence-electron chi connectivity index (χ1n) is 8.15. The van der Waals surface area contributed by atoms with Crippen molar-refractivity contribution in [1.29, 1.82) is 0 Å². The number of aryl methyl sites for hydroxylation is 1. The zero-order valence-corrected chi connectivity index (χ0v) is 12.4. The Morgan fingerprint density at radius 1 is 1.15 bits per heavy atom. The summed E-state index contributed by atoms with van der Waals surface area (Å²) in [6.45, 7) is 3.54. The summed E-state index contributed by atoms with van der Waals surface area (Å²) in [6, 6.07) is 8.42. The van der Waals surface area contributed by atoms with E-state index in [-0.39, 0.29) is 0 Å². The Labute approximate surface area is 121 Å². The third kappa shape index (κ3) is 1.99. The van der Waals surface area contributed by atoms with Gasteiger partial charge in [0.1, 0.15) is 0 Å². The Morgan fingerprint density at radius 3 is 3.00 bits per heavy atom. The van der Waals surface area contributed by atoms with Gasteiger partial charge < -0.3 is 10.2 Å². The Balaban J connectivity index is 1.64. The van der Waals surface area contributed by atoms with E-state index in [2.05, 4.69) is 40.4 Å². The van der Waals surface area contributed by atoms with Crippen LogP contribution in [0.2, 0.25) is 0 Å². The molecule has 3 heterocycles. The number of nitrogens with one attached hydrogen (secondary N) is 1. The Kier molecular flexibility index (Phi) is 3.10. The molecule has 2 fully saturated rings. The quantitative estimate of drug-likeness (QED) is 0.847. The first-order chi connectivity index (χ1) is 9.83. The van der Waals surface area contributed by atoms with Crippen LogP contribution in [0.25, 0.3) is 0 Å². The van der Waals surface area contributed by atoms with Gasteiger partial charge in [0.15, 0.2) is 0 Å². The lowest BCUT2D eigenvalue weighted by atomic mass is 10.0. The molecule has 4 rings (SSSR count). The van der Waals surface area contributed by atoms with Crippen LogP contribution in [0.3, 0.4) is 0 Å². The summed E-state index contributed by atoms with van der Waals surface area (Å²) in [5.41, 5.74) is 4.37. The van der Waals surface area contributed by atoms with Gasteiger partial charge in [-0.05, 0) is 50.8 Å². The van der Waals surface area contributed by atoms with Gasteiger partial charge >= 0.3 is 0 Å². The van der Waals surface area contributed by atoms with Gasteiger partial charge in [0.05, 0.1) is 11.4 Å². The molecular weight excluding hydrogens is 246 g/mol. The van der Waals surface area contributed by atoms with Gasteiger partial charge in [-0.3, -0.25) is 4.90 Å². The lowest BCUT2D eigenvalue weighted by molar-refractivity contribution is 0.254. The monoisotopic (exact) mass is 271 g/mol. The number of likely N-dealkylation sites (N-methyl/N-ethyl adjacent to an activating group) is 1. The minimum absolute atomic E-state index is 0.752. The van der Waals surface area contributed by atoms with Crippen LogP contribution in [0.5, 0.6) is 0 Å². The predicted octanol–water partition coefficient (Wildman–Crippen LogP) is 2.72. The van der Waals surface area contributed by atoms with Gasteiger partial charge in [-0.1, -0.05) is 12.1 Å². The lowest BCUT2D eigenvalue weighted by Crippen LogP contribution is -2.37. The molecule has 0 aliphatic carbocycles. The molecule has 3 aliphatic rings. The average molecular weight is 271 g/mol. The van der Waals surface area contributed by atoms with Crippen molar-refractivity contribution < 1.29 is 0 Å². The van der Waals surface area contributed by atoms with Gasteiger partial charge in [-0.25, -0.2) is 0 Å². The maximum Gasteiger partial charge on any atom is 0.0610 e. The molecule has 2 saturated heterocycles. The first kappa shape index (κ1) is 12.5. The van der Waals surface area contributed by atoms with Crippen LogP contribution >= 0.6 is 0 Å². The van der Waals surface area contributed by atoms with Gasteiger partial charge in [-0.2, -0.15) is 0 Å². The molecule has 1 aromatic carbocycles. The van der Waals surface area contributed by atoms with Crippen LogP contribution in [-0.2, 0) is 6.42 Å². The molecule has 0 amide bonds. The van der Waals surface area contributed by atoms with Crippen molar-refractivity contribution in [3.63, 3.8) is 0 Å². The molecule has 1 N–H and O–H groups in total. The van der Waals surface area contributed by atoms with E-state index in [9.17, 15) is 0 Å². The van der Waals surface area contributed by atoms with E-state index in [4.69, 9.17) is 0 Å². The van der Waals surface area contributed by atoms with Crippen LogP contribution in [0, 0.1) is 0 Å². The summed E-state index contributed by atoms with van der Waals surface area (Å²) < 4.78 is 0. The van der Waals surface area contributed by atoms with E-state index in [1.807, 2.05) is 0 Å². The predicted molar refractivity (Wildman–Crippen MR) is 84.7 cm³/mol. The number of hydrogen-bond donors (Lipinski definition) is 1. The summed E-state index contributed by atoms with van der Waals surface area (Å²) in [5, 5.41) is 3.65. The molecule has 0 spiro atoms. The lowest BCUT2D eigenvalue weighted by Gasteiger charge is -2.31. The molecule has 3 heteroatoms. The highest BCUT2D eigenvalue weighted by Gasteiger charge is 2.35. The van der Waals surface area contributed by atoms with Crippen LogP contribution < -0.4 is 10.2 Å². The highest BCUT2D eigenvalue weighted by Crippen LogP contribution is 2.36. The summed E-state index contributed by atoms with van der Waals surface area (Å²) >= 11 is 0. The second-order valence-corrected chi connectivity index (χ2v) is 6.63.